The Morgan fingerprint density at radius 2 is 1.47 bits per heavy atom. The molecule has 0 radical (unpaired) electrons. The summed E-state index contributed by atoms with van der Waals surface area (Å²) in [4.78, 5) is 11.3. The van der Waals surface area contributed by atoms with Crippen LogP contribution in [0.15, 0.2) is 0 Å². The van der Waals surface area contributed by atoms with E-state index in [1.165, 1.54) is 0 Å². The third-order valence-electron chi connectivity index (χ3n) is 2.12. The van der Waals surface area contributed by atoms with E-state index in [9.17, 15) is 4.79 Å². The van der Waals surface area contributed by atoms with E-state index in [-0.39, 0.29) is 13.4 Å². The Kier molecular flexibility index (Phi) is 12.0. The summed E-state index contributed by atoms with van der Waals surface area (Å²) in [7, 11) is 0. The molecule has 0 aliphatic rings. The van der Waals surface area contributed by atoms with Gasteiger partial charge in [0.2, 0.25) is 5.91 Å². The van der Waals surface area contributed by atoms with Gasteiger partial charge in [-0.25, -0.2) is 0 Å². The SMILES string of the molecule is CC(C)COCCOCCOCCC(=O)NC(C)C.[HH]. The highest BCUT2D eigenvalue weighted by Gasteiger charge is 2.02. The first-order chi connectivity index (χ1) is 9.02. The lowest BCUT2D eigenvalue weighted by atomic mass is 10.2. The smallest absolute Gasteiger partial charge is 0.222 e. The van der Waals surface area contributed by atoms with Gasteiger partial charge < -0.3 is 19.5 Å². The molecule has 19 heavy (non-hydrogen) atoms. The van der Waals surface area contributed by atoms with Crippen LogP contribution in [0.3, 0.4) is 0 Å². The normalized spacial score (nSPS) is 11.3. The fourth-order valence-electron chi connectivity index (χ4n) is 1.32. The zero-order valence-corrected chi connectivity index (χ0v) is 12.7. The number of carbonyl (C=O) groups is 1. The van der Waals surface area contributed by atoms with Crippen molar-refractivity contribution in [3.8, 4) is 0 Å². The Balaban J connectivity index is 0. The van der Waals surface area contributed by atoms with E-state index in [4.69, 9.17) is 14.2 Å². The summed E-state index contributed by atoms with van der Waals surface area (Å²) < 4.78 is 16.0. The summed E-state index contributed by atoms with van der Waals surface area (Å²) in [6.45, 7) is 11.6. The first kappa shape index (κ1) is 18.4. The number of carbonyl (C=O) groups excluding carboxylic acids is 1. The molecule has 0 aliphatic carbocycles. The molecule has 0 spiro atoms. The molecule has 0 aromatic rings. The molecule has 1 N–H and O–H groups in total. The predicted molar refractivity (Wildman–Crippen MR) is 77.3 cm³/mol. The van der Waals surface area contributed by atoms with Gasteiger partial charge in [-0.3, -0.25) is 4.79 Å². The summed E-state index contributed by atoms with van der Waals surface area (Å²) in [5.74, 6) is 0.582. The highest BCUT2D eigenvalue weighted by Crippen LogP contribution is 1.92. The fourth-order valence-corrected chi connectivity index (χ4v) is 1.32. The number of rotatable bonds is 12. The van der Waals surface area contributed by atoms with Crippen LogP contribution in [0, 0.1) is 5.92 Å². The summed E-state index contributed by atoms with van der Waals surface area (Å²) in [5.41, 5.74) is 0. The maximum atomic E-state index is 11.3. The number of hydrogen-bond acceptors (Lipinski definition) is 4. The van der Waals surface area contributed by atoms with E-state index < -0.39 is 0 Å². The lowest BCUT2D eigenvalue weighted by Crippen LogP contribution is -2.30. The summed E-state index contributed by atoms with van der Waals surface area (Å²) in [5, 5.41) is 2.81. The molecule has 5 nitrogen and oxygen atoms in total. The molecule has 0 heterocycles. The second-order valence-electron chi connectivity index (χ2n) is 5.17. The molecule has 116 valence electrons. The third-order valence-corrected chi connectivity index (χ3v) is 2.12. The molecule has 0 rings (SSSR count). The monoisotopic (exact) mass is 277 g/mol. The summed E-state index contributed by atoms with van der Waals surface area (Å²) >= 11 is 0. The van der Waals surface area contributed by atoms with E-state index >= 15 is 0 Å². The maximum absolute atomic E-state index is 11.3. The first-order valence-electron chi connectivity index (χ1n) is 7.05. The molecular formula is C14H31NO4. The van der Waals surface area contributed by atoms with Crippen molar-refractivity contribution in [1.82, 2.24) is 5.32 Å². The standard InChI is InChI=1S/C14H29NO4.H2/c1-12(2)11-19-10-9-18-8-7-17-6-5-14(16)15-13(3)4;/h12-13H,5-11H2,1-4H3,(H,15,16);1H. The van der Waals surface area contributed by atoms with Crippen LogP contribution in [0.1, 0.15) is 35.5 Å². The Labute approximate surface area is 118 Å². The van der Waals surface area contributed by atoms with Crippen LogP contribution in [-0.4, -0.2) is 51.6 Å². The Morgan fingerprint density at radius 3 is 2.00 bits per heavy atom. The van der Waals surface area contributed by atoms with E-state index in [1.807, 2.05) is 13.8 Å². The second-order valence-corrected chi connectivity index (χ2v) is 5.17. The topological polar surface area (TPSA) is 56.8 Å². The molecule has 0 aromatic heterocycles. The van der Waals surface area contributed by atoms with Gasteiger partial charge in [0.25, 0.3) is 0 Å². The van der Waals surface area contributed by atoms with Crippen LogP contribution in [0.25, 0.3) is 0 Å². The molecule has 0 aliphatic heterocycles. The second kappa shape index (κ2) is 12.4. The van der Waals surface area contributed by atoms with Crippen LogP contribution in [0.2, 0.25) is 0 Å². The molecule has 1 amide bonds. The van der Waals surface area contributed by atoms with Crippen molar-refractivity contribution in [3.63, 3.8) is 0 Å². The largest absolute Gasteiger partial charge is 0.379 e. The van der Waals surface area contributed by atoms with Crippen molar-refractivity contribution in [1.29, 1.82) is 0 Å². The summed E-state index contributed by atoms with van der Waals surface area (Å²) in [6.07, 6.45) is 0.398. The molecule has 0 saturated heterocycles. The molecule has 5 heteroatoms. The minimum atomic E-state index is 0. The molecular weight excluding hydrogens is 246 g/mol. The zero-order valence-electron chi connectivity index (χ0n) is 12.7. The lowest BCUT2D eigenvalue weighted by Gasteiger charge is -2.09. The van der Waals surface area contributed by atoms with Crippen molar-refractivity contribution < 1.29 is 20.4 Å². The molecule has 0 unspecified atom stereocenters. The third kappa shape index (κ3) is 15.3. The number of ether oxygens (including phenoxy) is 3. The van der Waals surface area contributed by atoms with Gasteiger partial charge >= 0.3 is 0 Å². The van der Waals surface area contributed by atoms with Crippen LogP contribution < -0.4 is 5.32 Å². The predicted octanol–water partition coefficient (Wildman–Crippen LogP) is 1.85. The van der Waals surface area contributed by atoms with Crippen molar-refractivity contribution in [2.45, 2.75) is 40.2 Å². The quantitative estimate of drug-likeness (QED) is 0.553. The van der Waals surface area contributed by atoms with E-state index in [2.05, 4.69) is 19.2 Å². The van der Waals surface area contributed by atoms with Crippen molar-refractivity contribution in [3.05, 3.63) is 0 Å². The molecule has 0 bridgehead atoms. The lowest BCUT2D eigenvalue weighted by molar-refractivity contribution is -0.122. The fraction of sp³-hybridized carbons (Fsp3) is 0.929. The van der Waals surface area contributed by atoms with Gasteiger partial charge in [0.05, 0.1) is 33.0 Å². The minimum Gasteiger partial charge on any atom is -0.379 e. The van der Waals surface area contributed by atoms with Gasteiger partial charge in [0, 0.05) is 20.5 Å². The minimum absolute atomic E-state index is 0. The maximum Gasteiger partial charge on any atom is 0.222 e. The molecule has 0 saturated carbocycles. The zero-order chi connectivity index (χ0) is 14.5. The van der Waals surface area contributed by atoms with E-state index in [0.717, 1.165) is 6.61 Å². The van der Waals surface area contributed by atoms with Crippen LogP contribution in [0.4, 0.5) is 0 Å². The van der Waals surface area contributed by atoms with Gasteiger partial charge in [-0.15, -0.1) is 0 Å². The van der Waals surface area contributed by atoms with E-state index in [1.54, 1.807) is 0 Å². The highest BCUT2D eigenvalue weighted by atomic mass is 16.5. The first-order valence-corrected chi connectivity index (χ1v) is 7.05. The van der Waals surface area contributed by atoms with Crippen molar-refractivity contribution in [2.24, 2.45) is 5.92 Å². The van der Waals surface area contributed by atoms with Gasteiger partial charge in [-0.05, 0) is 19.8 Å². The summed E-state index contributed by atoms with van der Waals surface area (Å²) in [6, 6.07) is 0.182. The molecule has 0 atom stereocenters. The van der Waals surface area contributed by atoms with Gasteiger partial charge in [0.1, 0.15) is 0 Å². The highest BCUT2D eigenvalue weighted by molar-refractivity contribution is 5.76. The van der Waals surface area contributed by atoms with Gasteiger partial charge in [-0.2, -0.15) is 0 Å². The van der Waals surface area contributed by atoms with Crippen molar-refractivity contribution in [2.75, 3.05) is 39.6 Å². The molecule has 0 fully saturated rings. The number of amides is 1. The van der Waals surface area contributed by atoms with E-state index in [0.29, 0.717) is 45.4 Å². The number of nitrogens with one attached hydrogen (secondary N) is 1. The number of hydrogen-bond donors (Lipinski definition) is 1. The van der Waals surface area contributed by atoms with Gasteiger partial charge in [-0.1, -0.05) is 13.8 Å². The average molecular weight is 277 g/mol. The van der Waals surface area contributed by atoms with Crippen LogP contribution >= 0.6 is 0 Å². The Bertz CT molecular complexity index is 225. The van der Waals surface area contributed by atoms with Gasteiger partial charge in [0.15, 0.2) is 0 Å². The van der Waals surface area contributed by atoms with Crippen molar-refractivity contribution >= 4 is 5.91 Å². The van der Waals surface area contributed by atoms with Crippen LogP contribution in [0.5, 0.6) is 0 Å². The average Bonchev–Trinajstić information content (AvgIpc) is 2.30. The van der Waals surface area contributed by atoms with Crippen LogP contribution in [-0.2, 0) is 19.0 Å². The Hall–Kier alpha value is -0.650. The Morgan fingerprint density at radius 1 is 0.947 bits per heavy atom. The molecule has 0 aromatic carbocycles.